The summed E-state index contributed by atoms with van der Waals surface area (Å²) in [6.07, 6.45) is 2.54. The van der Waals surface area contributed by atoms with Gasteiger partial charge in [0.05, 0.1) is 10.0 Å². The second kappa shape index (κ2) is 6.19. The van der Waals surface area contributed by atoms with E-state index < -0.39 is 15.5 Å². The maximum absolute atomic E-state index is 12.4. The second-order valence-electron chi connectivity index (χ2n) is 4.38. The topological polar surface area (TPSA) is 70.2 Å². The van der Waals surface area contributed by atoms with Gasteiger partial charge in [0.1, 0.15) is 4.90 Å². The van der Waals surface area contributed by atoms with Crippen LogP contribution in [0.15, 0.2) is 46.3 Å². The Morgan fingerprint density at radius 2 is 1.90 bits per heavy atom. The van der Waals surface area contributed by atoms with E-state index in [0.717, 1.165) is 4.31 Å². The Morgan fingerprint density at radius 3 is 2.52 bits per heavy atom. The summed E-state index contributed by atoms with van der Waals surface area (Å²) in [7, 11) is -2.48. The summed E-state index contributed by atoms with van der Waals surface area (Å²) >= 11 is 11.7. The first-order valence-corrected chi connectivity index (χ1v) is 8.09. The summed E-state index contributed by atoms with van der Waals surface area (Å²) in [5, 5.41) is 0.739. The number of H-pyrrole nitrogens is 1. The van der Waals surface area contributed by atoms with E-state index >= 15 is 0 Å². The number of aromatic nitrogens is 1. The first kappa shape index (κ1) is 16.0. The van der Waals surface area contributed by atoms with Gasteiger partial charge in [-0.15, -0.1) is 0 Å². The fourth-order valence-corrected chi connectivity index (χ4v) is 3.27. The number of pyridine rings is 1. The number of hydrogen-bond donors (Lipinski definition) is 1. The first-order valence-electron chi connectivity index (χ1n) is 5.90. The molecule has 1 N–H and O–H groups in total. The van der Waals surface area contributed by atoms with Crippen LogP contribution in [-0.4, -0.2) is 24.8 Å². The van der Waals surface area contributed by atoms with Crippen molar-refractivity contribution in [2.24, 2.45) is 0 Å². The Bertz CT molecular complexity index is 818. The quantitative estimate of drug-likeness (QED) is 0.924. The van der Waals surface area contributed by atoms with E-state index in [-0.39, 0.29) is 11.4 Å². The molecule has 0 saturated heterocycles. The van der Waals surface area contributed by atoms with Crippen LogP contribution < -0.4 is 5.43 Å². The molecule has 1 aromatic heterocycles. The molecule has 0 unspecified atom stereocenters. The molecule has 0 atom stereocenters. The summed E-state index contributed by atoms with van der Waals surface area (Å²) in [5.74, 6) is 0. The molecule has 1 aromatic carbocycles. The number of benzene rings is 1. The number of nitrogens with one attached hydrogen (secondary N) is 1. The van der Waals surface area contributed by atoms with E-state index in [1.54, 1.807) is 18.2 Å². The number of nitrogens with zero attached hydrogens (tertiary/aromatic N) is 1. The van der Waals surface area contributed by atoms with Crippen LogP contribution in [0.25, 0.3) is 0 Å². The molecule has 21 heavy (non-hydrogen) atoms. The summed E-state index contributed by atoms with van der Waals surface area (Å²) in [6.45, 7) is 0.0769. The third-order valence-electron chi connectivity index (χ3n) is 2.87. The van der Waals surface area contributed by atoms with E-state index in [2.05, 4.69) is 4.98 Å². The van der Waals surface area contributed by atoms with Crippen LogP contribution in [-0.2, 0) is 16.6 Å². The molecule has 0 aliphatic heterocycles. The summed E-state index contributed by atoms with van der Waals surface area (Å²) in [4.78, 5) is 14.0. The maximum atomic E-state index is 12.4. The maximum Gasteiger partial charge on any atom is 0.248 e. The van der Waals surface area contributed by atoms with E-state index in [9.17, 15) is 13.2 Å². The van der Waals surface area contributed by atoms with Crippen LogP contribution in [0.1, 0.15) is 5.56 Å². The molecule has 8 heteroatoms. The molecule has 0 fully saturated rings. The zero-order chi connectivity index (χ0) is 15.6. The lowest BCUT2D eigenvalue weighted by Crippen LogP contribution is -2.30. The van der Waals surface area contributed by atoms with Gasteiger partial charge in [-0.2, -0.15) is 4.31 Å². The molecule has 0 aliphatic rings. The van der Waals surface area contributed by atoms with Gasteiger partial charge in [0.25, 0.3) is 0 Å². The molecule has 0 radical (unpaired) electrons. The Labute approximate surface area is 132 Å². The van der Waals surface area contributed by atoms with E-state index in [4.69, 9.17) is 23.2 Å². The zero-order valence-corrected chi connectivity index (χ0v) is 13.3. The van der Waals surface area contributed by atoms with Gasteiger partial charge in [0.15, 0.2) is 0 Å². The molecule has 5 nitrogen and oxygen atoms in total. The molecule has 0 bridgehead atoms. The number of halogens is 2. The Kier molecular flexibility index (Phi) is 4.73. The smallest absolute Gasteiger partial charge is 0.248 e. The normalized spacial score (nSPS) is 11.8. The zero-order valence-electron chi connectivity index (χ0n) is 11.0. The molecule has 0 spiro atoms. The molecule has 0 amide bonds. The van der Waals surface area contributed by atoms with Crippen molar-refractivity contribution in [1.29, 1.82) is 0 Å². The average Bonchev–Trinajstić information content (AvgIpc) is 2.43. The Morgan fingerprint density at radius 1 is 1.19 bits per heavy atom. The third kappa shape index (κ3) is 3.47. The third-order valence-corrected chi connectivity index (χ3v) is 5.43. The molecule has 0 saturated carbocycles. The summed E-state index contributed by atoms with van der Waals surface area (Å²) in [5.41, 5.74) is 0.109. The van der Waals surface area contributed by atoms with Gasteiger partial charge in [0, 0.05) is 32.1 Å². The van der Waals surface area contributed by atoms with Crippen molar-refractivity contribution in [1.82, 2.24) is 9.29 Å². The van der Waals surface area contributed by atoms with Crippen molar-refractivity contribution in [3.05, 3.63) is 62.5 Å². The molecular formula is C13H12Cl2N2O3S. The van der Waals surface area contributed by atoms with Crippen LogP contribution >= 0.6 is 23.2 Å². The predicted molar refractivity (Wildman–Crippen MR) is 82.2 cm³/mol. The van der Waals surface area contributed by atoms with E-state index in [0.29, 0.717) is 15.6 Å². The van der Waals surface area contributed by atoms with Crippen molar-refractivity contribution in [2.45, 2.75) is 11.4 Å². The van der Waals surface area contributed by atoms with Gasteiger partial charge in [-0.3, -0.25) is 4.79 Å². The van der Waals surface area contributed by atoms with Crippen LogP contribution in [0, 0.1) is 0 Å². The molecule has 0 aliphatic carbocycles. The second-order valence-corrected chi connectivity index (χ2v) is 7.21. The van der Waals surface area contributed by atoms with Gasteiger partial charge < -0.3 is 4.98 Å². The number of hydrogen-bond acceptors (Lipinski definition) is 3. The highest BCUT2D eigenvalue weighted by molar-refractivity contribution is 7.89. The van der Waals surface area contributed by atoms with Gasteiger partial charge >= 0.3 is 0 Å². The van der Waals surface area contributed by atoms with Crippen molar-refractivity contribution < 1.29 is 8.42 Å². The summed E-state index contributed by atoms with van der Waals surface area (Å²) < 4.78 is 25.8. The largest absolute Gasteiger partial charge is 0.366 e. The molecule has 2 aromatic rings. The van der Waals surface area contributed by atoms with Crippen molar-refractivity contribution in [3.8, 4) is 0 Å². The van der Waals surface area contributed by atoms with E-state index in [1.807, 2.05) is 0 Å². The lowest BCUT2D eigenvalue weighted by molar-refractivity contribution is 0.466. The lowest BCUT2D eigenvalue weighted by Gasteiger charge is -2.17. The minimum absolute atomic E-state index is 0.0769. The predicted octanol–water partition coefficient (Wildman–Crippen LogP) is 2.50. The highest BCUT2D eigenvalue weighted by Gasteiger charge is 2.23. The Hall–Kier alpha value is -1.34. The minimum Gasteiger partial charge on any atom is -0.366 e. The molecular weight excluding hydrogens is 335 g/mol. The van der Waals surface area contributed by atoms with Gasteiger partial charge in [0.2, 0.25) is 15.5 Å². The monoisotopic (exact) mass is 346 g/mol. The van der Waals surface area contributed by atoms with Crippen LogP contribution in [0.4, 0.5) is 0 Å². The van der Waals surface area contributed by atoms with Crippen molar-refractivity contribution >= 4 is 33.2 Å². The van der Waals surface area contributed by atoms with Gasteiger partial charge in [-0.1, -0.05) is 29.3 Å². The van der Waals surface area contributed by atoms with Gasteiger partial charge in [-0.05, 0) is 17.7 Å². The van der Waals surface area contributed by atoms with Gasteiger partial charge in [-0.25, -0.2) is 8.42 Å². The lowest BCUT2D eigenvalue weighted by atomic mass is 10.2. The van der Waals surface area contributed by atoms with Crippen LogP contribution in [0.2, 0.25) is 10.0 Å². The Balaban J connectivity index is 2.31. The molecule has 2 rings (SSSR count). The number of sulfonamides is 1. The number of rotatable bonds is 4. The fraction of sp³-hybridized carbons (Fsp3) is 0.154. The van der Waals surface area contributed by atoms with Crippen LogP contribution in [0.3, 0.4) is 0 Å². The van der Waals surface area contributed by atoms with Crippen LogP contribution in [0.5, 0.6) is 0 Å². The molecule has 1 heterocycles. The van der Waals surface area contributed by atoms with Crippen molar-refractivity contribution in [2.75, 3.05) is 7.05 Å². The minimum atomic E-state index is -3.88. The molecule has 112 valence electrons. The van der Waals surface area contributed by atoms with E-state index in [1.165, 1.54) is 25.5 Å². The summed E-state index contributed by atoms with van der Waals surface area (Å²) in [6, 6.07) is 6.02. The highest BCUT2D eigenvalue weighted by Crippen LogP contribution is 2.24. The standard InChI is InChI=1S/C13H12Cl2N2O3S/c1-17(8-9-2-3-10(14)11(15)6-9)21(19,20)13-7-16-5-4-12(13)18/h2-7H,8H2,1H3,(H,16,18). The number of aromatic amines is 1. The average molecular weight is 347 g/mol. The first-order chi connectivity index (χ1) is 9.82. The highest BCUT2D eigenvalue weighted by atomic mass is 35.5. The fourth-order valence-electron chi connectivity index (χ4n) is 1.75. The van der Waals surface area contributed by atoms with Crippen molar-refractivity contribution in [3.63, 3.8) is 0 Å². The SMILES string of the molecule is CN(Cc1ccc(Cl)c(Cl)c1)S(=O)(=O)c1c[nH]ccc1=O.